The van der Waals surface area contributed by atoms with E-state index in [2.05, 4.69) is 37.0 Å². The first-order chi connectivity index (χ1) is 13.2. The third-order valence-corrected chi connectivity index (χ3v) is 4.67. The summed E-state index contributed by atoms with van der Waals surface area (Å²) in [5.74, 6) is 0.916. The molecule has 3 aromatic rings. The van der Waals surface area contributed by atoms with E-state index in [0.29, 0.717) is 30.4 Å². The van der Waals surface area contributed by atoms with E-state index in [9.17, 15) is 4.79 Å². The molecule has 0 amide bonds. The number of aryl methyl sites for hydroxylation is 2. The van der Waals surface area contributed by atoms with E-state index in [4.69, 9.17) is 4.52 Å². The van der Waals surface area contributed by atoms with Gasteiger partial charge in [0.25, 0.3) is 5.56 Å². The molecular formula is C18H21N7O2. The van der Waals surface area contributed by atoms with Crippen LogP contribution >= 0.6 is 0 Å². The Labute approximate surface area is 156 Å². The minimum Gasteiger partial charge on any atom is -0.368 e. The SMILES string of the molecule is CN1CCN(c2ccc(-c3noc(CCn4cnccc4=O)n3)nc2)CC1. The third-order valence-electron chi connectivity index (χ3n) is 4.67. The van der Waals surface area contributed by atoms with Crippen molar-refractivity contribution in [2.24, 2.45) is 0 Å². The second-order valence-electron chi connectivity index (χ2n) is 6.57. The predicted octanol–water partition coefficient (Wildman–Crippen LogP) is 0.683. The molecule has 0 spiro atoms. The first-order valence-electron chi connectivity index (χ1n) is 8.92. The van der Waals surface area contributed by atoms with E-state index in [-0.39, 0.29) is 5.56 Å². The summed E-state index contributed by atoms with van der Waals surface area (Å²) in [5.41, 5.74) is 1.67. The van der Waals surface area contributed by atoms with Crippen LogP contribution in [0.25, 0.3) is 11.5 Å². The number of likely N-dealkylation sites (N-methyl/N-ethyl adjacent to an activating group) is 1. The van der Waals surface area contributed by atoms with Crippen molar-refractivity contribution < 1.29 is 4.52 Å². The zero-order valence-corrected chi connectivity index (χ0v) is 15.2. The summed E-state index contributed by atoms with van der Waals surface area (Å²) in [6, 6.07) is 5.37. The lowest BCUT2D eigenvalue weighted by atomic mass is 10.2. The average molecular weight is 367 g/mol. The molecule has 1 saturated heterocycles. The van der Waals surface area contributed by atoms with Gasteiger partial charge in [0.15, 0.2) is 0 Å². The van der Waals surface area contributed by atoms with Crippen molar-refractivity contribution >= 4 is 5.69 Å². The molecular weight excluding hydrogens is 346 g/mol. The van der Waals surface area contributed by atoms with Gasteiger partial charge in [-0.05, 0) is 19.2 Å². The Morgan fingerprint density at radius 3 is 2.74 bits per heavy atom. The maximum Gasteiger partial charge on any atom is 0.253 e. The van der Waals surface area contributed by atoms with Gasteiger partial charge < -0.3 is 14.3 Å². The number of piperazine rings is 1. The third kappa shape index (κ3) is 4.03. The van der Waals surface area contributed by atoms with Gasteiger partial charge in [0, 0.05) is 51.4 Å². The van der Waals surface area contributed by atoms with Crippen molar-refractivity contribution in [3.63, 3.8) is 0 Å². The van der Waals surface area contributed by atoms with Crippen LogP contribution in [-0.4, -0.2) is 62.8 Å². The standard InChI is InChI=1S/C18H21N7O2/c1-23-8-10-24(11-9-23)14-2-3-15(20-12-14)18-21-16(27-22-18)5-7-25-13-19-6-4-17(25)26/h2-4,6,12-13H,5,7-11H2,1H3. The van der Waals surface area contributed by atoms with E-state index in [1.165, 1.54) is 23.2 Å². The van der Waals surface area contributed by atoms with Gasteiger partial charge in [-0.1, -0.05) is 5.16 Å². The minimum absolute atomic E-state index is 0.106. The van der Waals surface area contributed by atoms with Gasteiger partial charge in [0.1, 0.15) is 5.69 Å². The number of aromatic nitrogens is 5. The summed E-state index contributed by atoms with van der Waals surface area (Å²) in [5, 5.41) is 4.00. The highest BCUT2D eigenvalue weighted by atomic mass is 16.5. The highest BCUT2D eigenvalue weighted by Crippen LogP contribution is 2.19. The van der Waals surface area contributed by atoms with Crippen molar-refractivity contribution in [2.75, 3.05) is 38.1 Å². The van der Waals surface area contributed by atoms with Crippen LogP contribution in [0.1, 0.15) is 5.89 Å². The van der Waals surface area contributed by atoms with Crippen LogP contribution in [0.3, 0.4) is 0 Å². The molecule has 0 radical (unpaired) electrons. The molecule has 0 N–H and O–H groups in total. The molecule has 0 saturated carbocycles. The Kier molecular flexibility index (Phi) is 4.93. The molecule has 27 heavy (non-hydrogen) atoms. The lowest BCUT2D eigenvalue weighted by Crippen LogP contribution is -2.44. The maximum absolute atomic E-state index is 11.7. The Hall–Kier alpha value is -3.07. The second kappa shape index (κ2) is 7.67. The molecule has 9 heteroatoms. The van der Waals surface area contributed by atoms with Crippen molar-refractivity contribution in [2.45, 2.75) is 13.0 Å². The van der Waals surface area contributed by atoms with Gasteiger partial charge >= 0.3 is 0 Å². The van der Waals surface area contributed by atoms with Gasteiger partial charge in [0.05, 0.1) is 18.2 Å². The fraction of sp³-hybridized carbons (Fsp3) is 0.389. The molecule has 1 aliphatic rings. The monoisotopic (exact) mass is 367 g/mol. The van der Waals surface area contributed by atoms with Crippen molar-refractivity contribution in [1.29, 1.82) is 0 Å². The number of hydrogen-bond donors (Lipinski definition) is 0. The van der Waals surface area contributed by atoms with Crippen molar-refractivity contribution in [1.82, 2.24) is 29.6 Å². The summed E-state index contributed by atoms with van der Waals surface area (Å²) >= 11 is 0. The average Bonchev–Trinajstić information content (AvgIpc) is 3.17. The number of pyridine rings is 1. The molecule has 0 atom stereocenters. The van der Waals surface area contributed by atoms with Gasteiger partial charge in [-0.25, -0.2) is 4.98 Å². The van der Waals surface area contributed by atoms with Gasteiger partial charge in [0.2, 0.25) is 11.7 Å². The molecule has 0 aliphatic carbocycles. The van der Waals surface area contributed by atoms with Crippen LogP contribution in [0.4, 0.5) is 5.69 Å². The Morgan fingerprint density at radius 2 is 2.00 bits per heavy atom. The molecule has 1 fully saturated rings. The first kappa shape index (κ1) is 17.3. The van der Waals surface area contributed by atoms with Gasteiger partial charge in [-0.3, -0.25) is 14.3 Å². The zero-order chi connectivity index (χ0) is 18.6. The molecule has 1 aliphatic heterocycles. The first-order valence-corrected chi connectivity index (χ1v) is 8.92. The van der Waals surface area contributed by atoms with E-state index >= 15 is 0 Å². The molecule has 140 valence electrons. The summed E-state index contributed by atoms with van der Waals surface area (Å²) in [7, 11) is 2.14. The summed E-state index contributed by atoms with van der Waals surface area (Å²) in [6.07, 6.45) is 5.28. The second-order valence-corrected chi connectivity index (χ2v) is 6.57. The van der Waals surface area contributed by atoms with Crippen LogP contribution in [0.15, 0.2) is 46.2 Å². The number of rotatable bonds is 5. The summed E-state index contributed by atoms with van der Waals surface area (Å²) in [6.45, 7) is 4.53. The van der Waals surface area contributed by atoms with Gasteiger partial charge in [-0.2, -0.15) is 4.98 Å². The Bertz CT molecular complexity index is 943. The fourth-order valence-corrected chi connectivity index (χ4v) is 2.99. The van der Waals surface area contributed by atoms with E-state index < -0.39 is 0 Å². The van der Waals surface area contributed by atoms with Crippen molar-refractivity contribution in [3.8, 4) is 11.5 Å². The lowest BCUT2D eigenvalue weighted by Gasteiger charge is -2.33. The quantitative estimate of drug-likeness (QED) is 0.650. The largest absolute Gasteiger partial charge is 0.368 e. The molecule has 0 unspecified atom stereocenters. The molecule has 0 bridgehead atoms. The highest BCUT2D eigenvalue weighted by Gasteiger charge is 2.15. The fourth-order valence-electron chi connectivity index (χ4n) is 2.99. The van der Waals surface area contributed by atoms with E-state index in [1.54, 1.807) is 0 Å². The van der Waals surface area contributed by atoms with Gasteiger partial charge in [-0.15, -0.1) is 0 Å². The lowest BCUT2D eigenvalue weighted by molar-refractivity contribution is 0.313. The maximum atomic E-state index is 11.7. The molecule has 4 rings (SSSR count). The number of anilines is 1. The minimum atomic E-state index is -0.106. The highest BCUT2D eigenvalue weighted by molar-refractivity contribution is 5.54. The van der Waals surface area contributed by atoms with Crippen LogP contribution in [0, 0.1) is 0 Å². The Morgan fingerprint density at radius 1 is 1.15 bits per heavy atom. The van der Waals surface area contributed by atoms with Crippen LogP contribution in [-0.2, 0) is 13.0 Å². The zero-order valence-electron chi connectivity index (χ0n) is 15.2. The summed E-state index contributed by atoms with van der Waals surface area (Å²) in [4.78, 5) is 29.1. The number of hydrogen-bond acceptors (Lipinski definition) is 8. The van der Waals surface area contributed by atoms with Crippen LogP contribution in [0.5, 0.6) is 0 Å². The summed E-state index contributed by atoms with van der Waals surface area (Å²) < 4.78 is 6.79. The normalized spacial score (nSPS) is 15.2. The predicted molar refractivity (Wildman–Crippen MR) is 99.4 cm³/mol. The molecule has 3 aromatic heterocycles. The van der Waals surface area contributed by atoms with E-state index in [1.807, 2.05) is 18.3 Å². The smallest absolute Gasteiger partial charge is 0.253 e. The topological polar surface area (TPSA) is 93.2 Å². The molecule has 4 heterocycles. The number of nitrogens with zero attached hydrogens (tertiary/aromatic N) is 7. The van der Waals surface area contributed by atoms with Crippen LogP contribution < -0.4 is 10.5 Å². The van der Waals surface area contributed by atoms with Crippen LogP contribution in [0.2, 0.25) is 0 Å². The Balaban J connectivity index is 1.41. The van der Waals surface area contributed by atoms with E-state index in [0.717, 1.165) is 31.9 Å². The van der Waals surface area contributed by atoms with Crippen molar-refractivity contribution in [3.05, 3.63) is 53.2 Å². The molecule has 0 aromatic carbocycles. The molecule has 9 nitrogen and oxygen atoms in total.